The first-order valence-corrected chi connectivity index (χ1v) is 8.63. The van der Waals surface area contributed by atoms with Crippen molar-refractivity contribution in [3.05, 3.63) is 28.2 Å². The van der Waals surface area contributed by atoms with Gasteiger partial charge in [0.25, 0.3) is 5.91 Å². The number of hydrogen-bond acceptors (Lipinski definition) is 2. The minimum Gasteiger partial charge on any atom is -0.399 e. The second-order valence-electron chi connectivity index (χ2n) is 6.39. The number of benzene rings is 1. The van der Waals surface area contributed by atoms with Crippen LogP contribution < -0.4 is 5.73 Å². The molecule has 0 bridgehead atoms. The molecule has 1 aromatic rings. The first-order valence-electron chi connectivity index (χ1n) is 7.84. The van der Waals surface area contributed by atoms with Crippen molar-refractivity contribution in [2.24, 2.45) is 5.92 Å². The average molecular weight is 353 g/mol. The zero-order chi connectivity index (χ0) is 15.4. The van der Waals surface area contributed by atoms with Crippen molar-refractivity contribution >= 4 is 27.5 Å². The molecule has 0 radical (unpaired) electrons. The lowest BCUT2D eigenvalue weighted by atomic mass is 10.1. The van der Waals surface area contributed by atoms with Crippen molar-refractivity contribution < 1.29 is 4.79 Å². The van der Waals surface area contributed by atoms with E-state index in [-0.39, 0.29) is 5.91 Å². The summed E-state index contributed by atoms with van der Waals surface area (Å²) >= 11 is 3.43. The highest BCUT2D eigenvalue weighted by atomic mass is 79.9. The summed E-state index contributed by atoms with van der Waals surface area (Å²) in [5.74, 6) is 0.727. The molecule has 0 aromatic heterocycles. The van der Waals surface area contributed by atoms with E-state index in [9.17, 15) is 4.79 Å². The van der Waals surface area contributed by atoms with Crippen LogP contribution in [0, 0.1) is 5.92 Å². The van der Waals surface area contributed by atoms with Crippen molar-refractivity contribution in [1.82, 2.24) is 4.90 Å². The maximum atomic E-state index is 12.9. The van der Waals surface area contributed by atoms with Gasteiger partial charge in [0.2, 0.25) is 0 Å². The largest absolute Gasteiger partial charge is 0.399 e. The third kappa shape index (κ3) is 4.47. The molecule has 3 nitrogen and oxygen atoms in total. The predicted molar refractivity (Wildman–Crippen MR) is 91.3 cm³/mol. The molecule has 1 amide bonds. The molecule has 4 heteroatoms. The second kappa shape index (κ2) is 7.30. The van der Waals surface area contributed by atoms with E-state index >= 15 is 0 Å². The Bertz CT molecular complexity index is 475. The third-order valence-electron chi connectivity index (χ3n) is 4.14. The summed E-state index contributed by atoms with van der Waals surface area (Å²) in [5.41, 5.74) is 7.19. The first-order chi connectivity index (χ1) is 9.97. The van der Waals surface area contributed by atoms with Gasteiger partial charge in [0.05, 0.1) is 0 Å². The Hall–Kier alpha value is -1.03. The number of hydrogen-bond donors (Lipinski definition) is 1. The van der Waals surface area contributed by atoms with Gasteiger partial charge in [-0.25, -0.2) is 0 Å². The molecular formula is C17H25BrN2O. The topological polar surface area (TPSA) is 46.3 Å². The molecule has 2 rings (SSSR count). The van der Waals surface area contributed by atoms with E-state index in [2.05, 4.69) is 34.7 Å². The van der Waals surface area contributed by atoms with E-state index in [4.69, 9.17) is 5.73 Å². The summed E-state index contributed by atoms with van der Waals surface area (Å²) in [7, 11) is 0. The fourth-order valence-electron chi connectivity index (χ4n) is 2.96. The number of halogens is 1. The van der Waals surface area contributed by atoms with Crippen LogP contribution in [0.1, 0.15) is 56.3 Å². The van der Waals surface area contributed by atoms with Crippen molar-refractivity contribution in [2.45, 2.75) is 52.0 Å². The van der Waals surface area contributed by atoms with Gasteiger partial charge in [-0.3, -0.25) is 4.79 Å². The number of nitrogens with zero attached hydrogens (tertiary/aromatic N) is 1. The number of carbonyl (C=O) groups excluding carboxylic acids is 1. The van der Waals surface area contributed by atoms with E-state index in [1.165, 1.54) is 12.8 Å². The number of carbonyl (C=O) groups is 1. The summed E-state index contributed by atoms with van der Waals surface area (Å²) < 4.78 is 0.862. The van der Waals surface area contributed by atoms with Gasteiger partial charge in [0.15, 0.2) is 0 Å². The van der Waals surface area contributed by atoms with E-state index in [0.29, 0.717) is 23.2 Å². The molecule has 0 atom stereocenters. The maximum absolute atomic E-state index is 12.9. The Balaban J connectivity index is 2.19. The molecule has 1 aromatic carbocycles. The van der Waals surface area contributed by atoms with Crippen molar-refractivity contribution in [3.8, 4) is 0 Å². The van der Waals surface area contributed by atoms with E-state index in [1.807, 2.05) is 12.1 Å². The van der Waals surface area contributed by atoms with Gasteiger partial charge in [0, 0.05) is 28.3 Å². The molecule has 0 heterocycles. The minimum absolute atomic E-state index is 0.121. The van der Waals surface area contributed by atoms with Crippen molar-refractivity contribution in [1.29, 1.82) is 0 Å². The van der Waals surface area contributed by atoms with E-state index in [1.54, 1.807) is 6.07 Å². The lowest BCUT2D eigenvalue weighted by Crippen LogP contribution is -2.40. The Morgan fingerprint density at radius 1 is 1.33 bits per heavy atom. The van der Waals surface area contributed by atoms with Gasteiger partial charge in [-0.2, -0.15) is 0 Å². The van der Waals surface area contributed by atoms with Crippen molar-refractivity contribution in [3.63, 3.8) is 0 Å². The average Bonchev–Trinajstić information content (AvgIpc) is 2.91. The second-order valence-corrected chi connectivity index (χ2v) is 7.31. The highest BCUT2D eigenvalue weighted by Crippen LogP contribution is 2.27. The predicted octanol–water partition coefficient (Wildman–Crippen LogP) is 4.46. The maximum Gasteiger partial charge on any atom is 0.254 e. The Morgan fingerprint density at radius 3 is 2.57 bits per heavy atom. The Morgan fingerprint density at radius 2 is 2.00 bits per heavy atom. The molecule has 0 spiro atoms. The normalized spacial score (nSPS) is 15.6. The Kier molecular flexibility index (Phi) is 5.68. The van der Waals surface area contributed by atoms with Crippen LogP contribution >= 0.6 is 15.9 Å². The molecule has 2 N–H and O–H groups in total. The number of amides is 1. The quantitative estimate of drug-likeness (QED) is 0.795. The van der Waals surface area contributed by atoms with Crippen LogP contribution in [0.25, 0.3) is 0 Å². The molecule has 116 valence electrons. The SMILES string of the molecule is CC(C)CCN(C(=O)c1cc(N)cc(Br)c1)C1CCCC1. The number of rotatable bonds is 5. The molecule has 1 fully saturated rings. The lowest BCUT2D eigenvalue weighted by Gasteiger charge is -2.30. The van der Waals surface area contributed by atoms with Crippen molar-refractivity contribution in [2.75, 3.05) is 12.3 Å². The fraction of sp³-hybridized carbons (Fsp3) is 0.588. The van der Waals surface area contributed by atoms with Crippen LogP contribution in [0.5, 0.6) is 0 Å². The highest BCUT2D eigenvalue weighted by molar-refractivity contribution is 9.10. The van der Waals surface area contributed by atoms with Crippen LogP contribution in [0.3, 0.4) is 0 Å². The molecule has 21 heavy (non-hydrogen) atoms. The zero-order valence-corrected chi connectivity index (χ0v) is 14.5. The van der Waals surface area contributed by atoms with Gasteiger partial charge in [-0.15, -0.1) is 0 Å². The van der Waals surface area contributed by atoms with E-state index < -0.39 is 0 Å². The molecule has 1 saturated carbocycles. The smallest absolute Gasteiger partial charge is 0.254 e. The van der Waals surface area contributed by atoms with Gasteiger partial charge in [-0.05, 0) is 43.4 Å². The zero-order valence-electron chi connectivity index (χ0n) is 12.9. The molecule has 1 aliphatic rings. The molecule has 1 aliphatic carbocycles. The van der Waals surface area contributed by atoms with Gasteiger partial charge >= 0.3 is 0 Å². The highest BCUT2D eigenvalue weighted by Gasteiger charge is 2.27. The standard InChI is InChI=1S/C17H25BrN2O/c1-12(2)7-8-20(16-5-3-4-6-16)17(21)13-9-14(18)11-15(19)10-13/h9-12,16H,3-8,19H2,1-2H3. The van der Waals surface area contributed by atoms with Crippen LogP contribution in [0.4, 0.5) is 5.69 Å². The summed E-state index contributed by atoms with van der Waals surface area (Å²) in [6, 6.07) is 5.88. The number of nitrogens with two attached hydrogens (primary N) is 1. The summed E-state index contributed by atoms with van der Waals surface area (Å²) in [5, 5.41) is 0. The fourth-order valence-corrected chi connectivity index (χ4v) is 3.48. The van der Waals surface area contributed by atoms with Crippen LogP contribution in [-0.4, -0.2) is 23.4 Å². The lowest BCUT2D eigenvalue weighted by molar-refractivity contribution is 0.0672. The molecular weight excluding hydrogens is 328 g/mol. The molecule has 0 unspecified atom stereocenters. The summed E-state index contributed by atoms with van der Waals surface area (Å²) in [6.07, 6.45) is 5.78. The summed E-state index contributed by atoms with van der Waals surface area (Å²) in [6.45, 7) is 5.25. The van der Waals surface area contributed by atoms with Gasteiger partial charge in [0.1, 0.15) is 0 Å². The minimum atomic E-state index is 0.121. The van der Waals surface area contributed by atoms with Gasteiger partial charge < -0.3 is 10.6 Å². The van der Waals surface area contributed by atoms with Crippen LogP contribution in [0.2, 0.25) is 0 Å². The van der Waals surface area contributed by atoms with E-state index in [0.717, 1.165) is 30.3 Å². The monoisotopic (exact) mass is 352 g/mol. The van der Waals surface area contributed by atoms with Crippen LogP contribution in [0.15, 0.2) is 22.7 Å². The third-order valence-corrected chi connectivity index (χ3v) is 4.60. The Labute approximate surface area is 136 Å². The molecule has 0 aliphatic heterocycles. The molecule has 0 saturated heterocycles. The number of nitrogen functional groups attached to an aromatic ring is 1. The summed E-state index contributed by atoms with van der Waals surface area (Å²) in [4.78, 5) is 15.0. The van der Waals surface area contributed by atoms with Gasteiger partial charge in [-0.1, -0.05) is 42.6 Å². The number of anilines is 1. The first kappa shape index (κ1) is 16.3. The van der Waals surface area contributed by atoms with Crippen LogP contribution in [-0.2, 0) is 0 Å².